The van der Waals surface area contributed by atoms with Gasteiger partial charge in [-0.05, 0) is 29.1 Å². The molecular weight excluding hydrogens is 343 g/mol. The van der Waals surface area contributed by atoms with Gasteiger partial charge in [-0.25, -0.2) is 9.37 Å². The molecule has 0 aliphatic heterocycles. The van der Waals surface area contributed by atoms with Gasteiger partial charge in [-0.15, -0.1) is 11.3 Å². The molecule has 0 saturated heterocycles. The molecule has 2 aromatic heterocycles. The number of aromatic nitrogens is 1. The number of halogens is 1. The Labute approximate surface area is 147 Å². The predicted molar refractivity (Wildman–Crippen MR) is 93.3 cm³/mol. The van der Waals surface area contributed by atoms with Gasteiger partial charge in [0, 0.05) is 12.6 Å². The van der Waals surface area contributed by atoms with Crippen LogP contribution in [-0.4, -0.2) is 23.1 Å². The average molecular weight is 358 g/mol. The molecular formula is C18H15FN2O3S. The Morgan fingerprint density at radius 3 is 2.72 bits per heavy atom. The Morgan fingerprint density at radius 2 is 2.08 bits per heavy atom. The highest BCUT2D eigenvalue weighted by Gasteiger charge is 2.20. The van der Waals surface area contributed by atoms with Crippen molar-refractivity contribution in [3.63, 3.8) is 0 Å². The second-order valence-electron chi connectivity index (χ2n) is 5.19. The van der Waals surface area contributed by atoms with Crippen LogP contribution in [0.4, 0.5) is 4.39 Å². The number of benzene rings is 1. The Balaban J connectivity index is 1.85. The number of hydrogen-bond donors (Lipinski definition) is 2. The van der Waals surface area contributed by atoms with Crippen molar-refractivity contribution in [2.24, 2.45) is 0 Å². The number of nitrogens with zero attached hydrogens (tertiary/aromatic N) is 1. The van der Waals surface area contributed by atoms with Crippen LogP contribution >= 0.6 is 11.3 Å². The Bertz CT molecular complexity index is 880. The molecule has 7 heteroatoms. The number of ether oxygens (including phenoxy) is 1. The largest absolute Gasteiger partial charge is 0.503 e. The molecule has 1 aromatic carbocycles. The lowest BCUT2D eigenvalue weighted by Crippen LogP contribution is -2.24. The van der Waals surface area contributed by atoms with Crippen LogP contribution in [0, 0.1) is 5.82 Å². The number of amides is 1. The summed E-state index contributed by atoms with van der Waals surface area (Å²) >= 11 is 1.47. The number of methoxy groups -OCH3 is 1. The van der Waals surface area contributed by atoms with Gasteiger partial charge in [0.1, 0.15) is 5.82 Å². The Morgan fingerprint density at radius 1 is 1.32 bits per heavy atom. The van der Waals surface area contributed by atoms with Gasteiger partial charge < -0.3 is 15.2 Å². The molecule has 0 aliphatic rings. The maximum Gasteiger partial charge on any atom is 0.274 e. The number of nitrogens with one attached hydrogen (secondary N) is 1. The van der Waals surface area contributed by atoms with Gasteiger partial charge >= 0.3 is 0 Å². The highest BCUT2D eigenvalue weighted by Crippen LogP contribution is 2.34. The van der Waals surface area contributed by atoms with Crippen molar-refractivity contribution in [1.29, 1.82) is 0 Å². The normalized spacial score (nSPS) is 10.5. The fourth-order valence-electron chi connectivity index (χ4n) is 2.25. The summed E-state index contributed by atoms with van der Waals surface area (Å²) in [5.74, 6) is -1.04. The van der Waals surface area contributed by atoms with Crippen molar-refractivity contribution in [1.82, 2.24) is 10.3 Å². The topological polar surface area (TPSA) is 71.5 Å². The summed E-state index contributed by atoms with van der Waals surface area (Å²) in [5, 5.41) is 14.8. The van der Waals surface area contributed by atoms with E-state index in [1.54, 1.807) is 18.2 Å². The van der Waals surface area contributed by atoms with Crippen LogP contribution in [-0.2, 0) is 6.54 Å². The number of carbonyl (C=O) groups excluding carboxylic acids is 1. The first-order chi connectivity index (χ1) is 12.1. The summed E-state index contributed by atoms with van der Waals surface area (Å²) in [4.78, 5) is 17.5. The van der Waals surface area contributed by atoms with E-state index in [0.29, 0.717) is 5.69 Å². The van der Waals surface area contributed by atoms with Crippen molar-refractivity contribution in [2.45, 2.75) is 6.54 Å². The summed E-state index contributed by atoms with van der Waals surface area (Å²) in [6, 6.07) is 11.1. The van der Waals surface area contributed by atoms with Crippen molar-refractivity contribution in [3.05, 3.63) is 64.9 Å². The summed E-state index contributed by atoms with van der Waals surface area (Å²) in [5.41, 5.74) is 1.15. The number of rotatable bonds is 5. The van der Waals surface area contributed by atoms with Gasteiger partial charge in [0.15, 0.2) is 17.2 Å². The maximum atomic E-state index is 12.9. The van der Waals surface area contributed by atoms with E-state index in [0.717, 1.165) is 10.4 Å². The molecule has 0 bridgehead atoms. The van der Waals surface area contributed by atoms with E-state index >= 15 is 0 Å². The van der Waals surface area contributed by atoms with Gasteiger partial charge in [-0.1, -0.05) is 18.2 Å². The Hall–Kier alpha value is -2.93. The van der Waals surface area contributed by atoms with Crippen LogP contribution in [0.2, 0.25) is 0 Å². The first kappa shape index (κ1) is 16.9. The molecule has 1 amide bonds. The molecule has 0 aliphatic carbocycles. The fourth-order valence-corrected chi connectivity index (χ4v) is 2.93. The zero-order chi connectivity index (χ0) is 17.8. The molecule has 0 radical (unpaired) electrons. The van der Waals surface area contributed by atoms with Crippen LogP contribution in [0.25, 0.3) is 10.6 Å². The van der Waals surface area contributed by atoms with Crippen molar-refractivity contribution < 1.29 is 19.0 Å². The predicted octanol–water partition coefficient (Wildman–Crippen LogP) is 3.59. The SMILES string of the molecule is COc1cc(-c2cccs2)nc(C(=O)NCc2ccc(F)cc2)c1O. The standard InChI is InChI=1S/C18H15FN2O3S/c1-24-14-9-13(15-3-2-8-25-15)21-16(17(14)22)18(23)20-10-11-4-6-12(19)7-5-11/h2-9,22H,10H2,1H3,(H,20,23). The molecule has 3 rings (SSSR count). The molecule has 0 spiro atoms. The lowest BCUT2D eigenvalue weighted by atomic mass is 10.2. The molecule has 25 heavy (non-hydrogen) atoms. The van der Waals surface area contributed by atoms with Gasteiger partial charge in [-0.2, -0.15) is 0 Å². The van der Waals surface area contributed by atoms with Crippen molar-refractivity contribution >= 4 is 17.2 Å². The third kappa shape index (κ3) is 3.77. The van der Waals surface area contributed by atoms with E-state index in [1.165, 1.54) is 30.6 Å². The third-order valence-electron chi connectivity index (χ3n) is 3.53. The number of pyridine rings is 1. The lowest BCUT2D eigenvalue weighted by molar-refractivity contribution is 0.0942. The van der Waals surface area contributed by atoms with Crippen molar-refractivity contribution in [3.8, 4) is 22.1 Å². The molecule has 0 fully saturated rings. The highest BCUT2D eigenvalue weighted by molar-refractivity contribution is 7.13. The number of hydrogen-bond acceptors (Lipinski definition) is 5. The van der Waals surface area contributed by atoms with Gasteiger partial charge in [0.05, 0.1) is 17.7 Å². The smallest absolute Gasteiger partial charge is 0.274 e. The second kappa shape index (κ2) is 7.31. The van der Waals surface area contributed by atoms with Crippen LogP contribution in [0.1, 0.15) is 16.1 Å². The monoisotopic (exact) mass is 358 g/mol. The molecule has 0 unspecified atom stereocenters. The van der Waals surface area contributed by atoms with Crippen LogP contribution in [0.15, 0.2) is 47.8 Å². The zero-order valence-corrected chi connectivity index (χ0v) is 14.1. The number of carbonyl (C=O) groups is 1. The van der Waals surface area contributed by atoms with Gasteiger partial charge in [0.2, 0.25) is 0 Å². The Kier molecular flexibility index (Phi) is 4.95. The minimum Gasteiger partial charge on any atom is -0.503 e. The molecule has 128 valence electrons. The molecule has 3 aromatic rings. The summed E-state index contributed by atoms with van der Waals surface area (Å²) < 4.78 is 18.1. The molecule has 0 atom stereocenters. The van der Waals surface area contributed by atoms with E-state index in [2.05, 4.69) is 10.3 Å². The molecule has 2 N–H and O–H groups in total. The number of aromatic hydroxyl groups is 1. The second-order valence-corrected chi connectivity index (χ2v) is 6.14. The molecule has 5 nitrogen and oxygen atoms in total. The first-order valence-corrected chi connectivity index (χ1v) is 8.31. The fraction of sp³-hybridized carbons (Fsp3) is 0.111. The van der Waals surface area contributed by atoms with Crippen LogP contribution < -0.4 is 10.1 Å². The van der Waals surface area contributed by atoms with E-state index in [-0.39, 0.29) is 29.6 Å². The van der Waals surface area contributed by atoms with E-state index in [9.17, 15) is 14.3 Å². The highest BCUT2D eigenvalue weighted by atomic mass is 32.1. The quantitative estimate of drug-likeness (QED) is 0.731. The molecule has 2 heterocycles. The maximum absolute atomic E-state index is 12.9. The third-order valence-corrected chi connectivity index (χ3v) is 4.43. The first-order valence-electron chi connectivity index (χ1n) is 7.43. The zero-order valence-electron chi connectivity index (χ0n) is 13.3. The van der Waals surface area contributed by atoms with E-state index in [1.807, 2.05) is 17.5 Å². The van der Waals surface area contributed by atoms with Crippen LogP contribution in [0.5, 0.6) is 11.5 Å². The van der Waals surface area contributed by atoms with Crippen LogP contribution in [0.3, 0.4) is 0 Å². The number of thiophene rings is 1. The molecule has 0 saturated carbocycles. The van der Waals surface area contributed by atoms with Gasteiger partial charge in [-0.3, -0.25) is 4.79 Å². The van der Waals surface area contributed by atoms with Crippen molar-refractivity contribution in [2.75, 3.05) is 7.11 Å². The van der Waals surface area contributed by atoms with E-state index in [4.69, 9.17) is 4.74 Å². The summed E-state index contributed by atoms with van der Waals surface area (Å²) in [7, 11) is 1.41. The average Bonchev–Trinajstić information content (AvgIpc) is 3.16. The minimum atomic E-state index is -0.543. The summed E-state index contributed by atoms with van der Waals surface area (Å²) in [6.45, 7) is 0.186. The van der Waals surface area contributed by atoms with Gasteiger partial charge in [0.25, 0.3) is 5.91 Å². The summed E-state index contributed by atoms with van der Waals surface area (Å²) in [6.07, 6.45) is 0. The lowest BCUT2D eigenvalue weighted by Gasteiger charge is -2.11. The van der Waals surface area contributed by atoms with E-state index < -0.39 is 5.91 Å². The minimum absolute atomic E-state index is 0.120.